The molecular formula is C19H35N5O. The zero-order chi connectivity index (χ0) is 17.6. The van der Waals surface area contributed by atoms with Gasteiger partial charge in [-0.15, -0.1) is 0 Å². The van der Waals surface area contributed by atoms with Crippen molar-refractivity contribution < 1.29 is 4.79 Å². The second kappa shape index (κ2) is 8.88. The quantitative estimate of drug-likeness (QED) is 0.560. The van der Waals surface area contributed by atoms with Gasteiger partial charge in [0.05, 0.1) is 0 Å². The highest BCUT2D eigenvalue weighted by atomic mass is 16.1. The molecule has 25 heavy (non-hydrogen) atoms. The van der Waals surface area contributed by atoms with Crippen LogP contribution in [0.2, 0.25) is 0 Å². The molecule has 0 aromatic rings. The molecule has 2 N–H and O–H groups in total. The average Bonchev–Trinajstić information content (AvgIpc) is 3.38. The molecule has 3 rings (SSSR count). The number of nitrogens with zero attached hydrogens (tertiary/aromatic N) is 3. The van der Waals surface area contributed by atoms with Crippen molar-refractivity contribution >= 4 is 11.9 Å². The van der Waals surface area contributed by atoms with Gasteiger partial charge in [0.25, 0.3) is 0 Å². The number of rotatable bonds is 6. The molecule has 0 aromatic heterocycles. The van der Waals surface area contributed by atoms with Gasteiger partial charge in [-0.1, -0.05) is 0 Å². The van der Waals surface area contributed by atoms with Crippen molar-refractivity contribution in [3.05, 3.63) is 0 Å². The van der Waals surface area contributed by atoms with E-state index in [1.807, 2.05) is 0 Å². The lowest BCUT2D eigenvalue weighted by atomic mass is 9.93. The lowest BCUT2D eigenvalue weighted by molar-refractivity contribution is -0.121. The molecule has 3 fully saturated rings. The van der Waals surface area contributed by atoms with Crippen molar-refractivity contribution in [3.63, 3.8) is 0 Å². The fourth-order valence-electron chi connectivity index (χ4n) is 4.14. The van der Waals surface area contributed by atoms with Crippen molar-refractivity contribution in [3.8, 4) is 0 Å². The molecule has 3 aliphatic rings. The zero-order valence-electron chi connectivity index (χ0n) is 16.0. The van der Waals surface area contributed by atoms with Crippen molar-refractivity contribution in [2.75, 3.05) is 46.3 Å². The van der Waals surface area contributed by atoms with Crippen LogP contribution in [0.5, 0.6) is 0 Å². The van der Waals surface area contributed by atoms with Crippen molar-refractivity contribution in [2.45, 2.75) is 51.5 Å². The van der Waals surface area contributed by atoms with Crippen LogP contribution in [0.25, 0.3) is 0 Å². The Bertz CT molecular complexity index is 468. The molecule has 2 heterocycles. The molecule has 0 aromatic carbocycles. The summed E-state index contributed by atoms with van der Waals surface area (Å²) in [6, 6.07) is 0.890. The maximum Gasteiger partial charge on any atom is 0.220 e. The molecule has 1 aliphatic carbocycles. The van der Waals surface area contributed by atoms with E-state index in [0.29, 0.717) is 12.3 Å². The first kappa shape index (κ1) is 18.5. The predicted molar refractivity (Wildman–Crippen MR) is 102 cm³/mol. The number of piperidine rings is 1. The minimum absolute atomic E-state index is 0.167. The third kappa shape index (κ3) is 5.33. The van der Waals surface area contributed by atoms with Crippen LogP contribution in [0.15, 0.2) is 4.99 Å². The standard InChI is InChI=1S/C19H35N5O/c1-3-21-19(22-13-16-8-11-24(14-16)17-4-5-17)23-9-6-15(7-10-23)12-18(25)20-2/h15-17H,3-14H2,1-2H3,(H,20,25)(H,21,22). The van der Waals surface area contributed by atoms with Crippen molar-refractivity contribution in [1.82, 2.24) is 20.4 Å². The van der Waals surface area contributed by atoms with E-state index in [-0.39, 0.29) is 5.91 Å². The molecule has 2 saturated heterocycles. The zero-order valence-corrected chi connectivity index (χ0v) is 16.0. The molecule has 0 spiro atoms. The molecular weight excluding hydrogens is 314 g/mol. The van der Waals surface area contributed by atoms with Crippen LogP contribution in [-0.2, 0) is 4.79 Å². The Labute approximate surface area is 152 Å². The lowest BCUT2D eigenvalue weighted by Crippen LogP contribution is -2.46. The molecule has 6 heteroatoms. The van der Waals surface area contributed by atoms with Gasteiger partial charge in [0.2, 0.25) is 5.91 Å². The highest BCUT2D eigenvalue weighted by Gasteiger charge is 2.34. The summed E-state index contributed by atoms with van der Waals surface area (Å²) in [7, 11) is 1.72. The van der Waals surface area contributed by atoms with Gasteiger partial charge in [-0.25, -0.2) is 0 Å². The lowest BCUT2D eigenvalue weighted by Gasteiger charge is -2.34. The fraction of sp³-hybridized carbons (Fsp3) is 0.895. The van der Waals surface area contributed by atoms with Crippen LogP contribution in [0.4, 0.5) is 0 Å². The molecule has 1 saturated carbocycles. The van der Waals surface area contributed by atoms with Gasteiger partial charge in [0.1, 0.15) is 0 Å². The third-order valence-corrected chi connectivity index (χ3v) is 5.88. The molecule has 0 radical (unpaired) electrons. The molecule has 6 nitrogen and oxygen atoms in total. The first-order valence-corrected chi connectivity index (χ1v) is 10.2. The fourth-order valence-corrected chi connectivity index (χ4v) is 4.14. The maximum absolute atomic E-state index is 11.6. The van der Waals surface area contributed by atoms with E-state index in [2.05, 4.69) is 27.4 Å². The first-order valence-electron chi connectivity index (χ1n) is 10.2. The summed E-state index contributed by atoms with van der Waals surface area (Å²) in [5.74, 6) is 2.48. The molecule has 1 atom stereocenters. The van der Waals surface area contributed by atoms with Gasteiger partial charge >= 0.3 is 0 Å². The van der Waals surface area contributed by atoms with Crippen LogP contribution in [0.3, 0.4) is 0 Å². The number of aliphatic imine (C=N–C) groups is 1. The summed E-state index contributed by atoms with van der Waals surface area (Å²) >= 11 is 0. The van der Waals surface area contributed by atoms with E-state index in [4.69, 9.17) is 4.99 Å². The Balaban J connectivity index is 1.46. The summed E-state index contributed by atoms with van der Waals surface area (Å²) in [5, 5.41) is 6.21. The van der Waals surface area contributed by atoms with Crippen molar-refractivity contribution in [2.24, 2.45) is 16.8 Å². The normalized spacial score (nSPS) is 26.1. The van der Waals surface area contributed by atoms with Crippen LogP contribution in [-0.4, -0.2) is 74.0 Å². The number of nitrogens with one attached hydrogen (secondary N) is 2. The van der Waals surface area contributed by atoms with Gasteiger partial charge in [-0.3, -0.25) is 9.79 Å². The highest BCUT2D eigenvalue weighted by molar-refractivity contribution is 5.80. The maximum atomic E-state index is 11.6. The molecule has 0 bridgehead atoms. The highest BCUT2D eigenvalue weighted by Crippen LogP contribution is 2.31. The van der Waals surface area contributed by atoms with Gasteiger partial charge in [-0.2, -0.15) is 0 Å². The van der Waals surface area contributed by atoms with E-state index >= 15 is 0 Å². The van der Waals surface area contributed by atoms with Gasteiger partial charge in [0, 0.05) is 52.2 Å². The summed E-state index contributed by atoms with van der Waals surface area (Å²) in [4.78, 5) is 21.6. The number of carbonyl (C=O) groups excluding carboxylic acids is 1. The number of likely N-dealkylation sites (tertiary alicyclic amines) is 2. The molecule has 2 aliphatic heterocycles. The van der Waals surface area contributed by atoms with Crippen LogP contribution >= 0.6 is 0 Å². The smallest absolute Gasteiger partial charge is 0.220 e. The summed E-state index contributed by atoms with van der Waals surface area (Å²) in [6.07, 6.45) is 6.94. The van der Waals surface area contributed by atoms with Crippen molar-refractivity contribution in [1.29, 1.82) is 0 Å². The first-order chi connectivity index (χ1) is 12.2. The Morgan fingerprint density at radius 3 is 2.44 bits per heavy atom. The number of guanidine groups is 1. The Hall–Kier alpha value is -1.30. The Morgan fingerprint density at radius 1 is 1.08 bits per heavy atom. The SMILES string of the molecule is CCNC(=NCC1CCN(C2CC2)C1)N1CCC(CC(=O)NC)CC1. The Morgan fingerprint density at radius 2 is 1.80 bits per heavy atom. The number of carbonyl (C=O) groups is 1. The van der Waals surface area contributed by atoms with E-state index in [0.717, 1.165) is 56.9 Å². The third-order valence-electron chi connectivity index (χ3n) is 5.88. The summed E-state index contributed by atoms with van der Waals surface area (Å²) < 4.78 is 0. The topological polar surface area (TPSA) is 60.0 Å². The predicted octanol–water partition coefficient (Wildman–Crippen LogP) is 1.28. The monoisotopic (exact) mass is 349 g/mol. The minimum atomic E-state index is 0.167. The average molecular weight is 350 g/mol. The van der Waals surface area contributed by atoms with Crippen LogP contribution < -0.4 is 10.6 Å². The molecule has 1 amide bonds. The van der Waals surface area contributed by atoms with E-state index in [1.54, 1.807) is 7.05 Å². The largest absolute Gasteiger partial charge is 0.359 e. The number of hydrogen-bond acceptors (Lipinski definition) is 3. The van der Waals surface area contributed by atoms with Crippen LogP contribution in [0, 0.1) is 11.8 Å². The second-order valence-corrected chi connectivity index (χ2v) is 7.88. The Kier molecular flexibility index (Phi) is 6.57. The minimum Gasteiger partial charge on any atom is -0.359 e. The number of hydrogen-bond donors (Lipinski definition) is 2. The molecule has 142 valence electrons. The van der Waals surface area contributed by atoms with Gasteiger partial charge < -0.3 is 20.4 Å². The van der Waals surface area contributed by atoms with Crippen LogP contribution in [0.1, 0.15) is 45.4 Å². The van der Waals surface area contributed by atoms with Gasteiger partial charge in [-0.05, 0) is 57.4 Å². The van der Waals surface area contributed by atoms with E-state index in [1.165, 1.54) is 32.4 Å². The summed E-state index contributed by atoms with van der Waals surface area (Å²) in [5.41, 5.74) is 0. The van der Waals surface area contributed by atoms with E-state index in [9.17, 15) is 4.79 Å². The number of amides is 1. The van der Waals surface area contributed by atoms with E-state index < -0.39 is 0 Å². The molecule has 1 unspecified atom stereocenters. The van der Waals surface area contributed by atoms with Gasteiger partial charge in [0.15, 0.2) is 5.96 Å². The second-order valence-electron chi connectivity index (χ2n) is 7.88. The summed E-state index contributed by atoms with van der Waals surface area (Å²) in [6.45, 7) is 8.52.